The van der Waals surface area contributed by atoms with Gasteiger partial charge in [0, 0.05) is 6.54 Å². The van der Waals surface area contributed by atoms with Gasteiger partial charge in [0.25, 0.3) is 6.43 Å². The van der Waals surface area contributed by atoms with Gasteiger partial charge in [0.05, 0.1) is 31.9 Å². The van der Waals surface area contributed by atoms with E-state index in [1.807, 2.05) is 0 Å². The molecule has 2 N–H and O–H groups in total. The number of rotatable bonds is 5. The normalized spacial score (nSPS) is 10.6. The number of ether oxygens (including phenoxy) is 2. The Bertz CT molecular complexity index is 439. The number of pyridine rings is 1. The molecule has 1 aromatic rings. The quantitative estimate of drug-likeness (QED) is 0.805. The van der Waals surface area contributed by atoms with Crippen molar-refractivity contribution in [2.45, 2.75) is 19.4 Å². The molecule has 0 spiro atoms. The largest absolute Gasteiger partial charge is 0.481 e. The zero-order chi connectivity index (χ0) is 13.7. The summed E-state index contributed by atoms with van der Waals surface area (Å²) >= 11 is 0. The lowest BCUT2D eigenvalue weighted by Crippen LogP contribution is -2.13. The number of carbonyl (C=O) groups excluding carboxylic acids is 1. The highest BCUT2D eigenvalue weighted by Gasteiger charge is 2.20. The van der Waals surface area contributed by atoms with E-state index in [4.69, 9.17) is 10.5 Å². The van der Waals surface area contributed by atoms with Crippen LogP contribution in [0, 0.1) is 0 Å². The third kappa shape index (κ3) is 3.13. The van der Waals surface area contributed by atoms with Gasteiger partial charge in [0.1, 0.15) is 0 Å². The molecular weight excluding hydrogens is 246 g/mol. The molecule has 0 aliphatic heterocycles. The fraction of sp³-hybridized carbons (Fsp3) is 0.455. The first-order chi connectivity index (χ1) is 8.53. The Balaban J connectivity index is 3.22. The smallest absolute Gasteiger partial charge is 0.310 e. The fourth-order valence-electron chi connectivity index (χ4n) is 1.47. The van der Waals surface area contributed by atoms with E-state index >= 15 is 0 Å². The van der Waals surface area contributed by atoms with Crippen molar-refractivity contribution in [1.82, 2.24) is 4.98 Å². The number of methoxy groups -OCH3 is 2. The van der Waals surface area contributed by atoms with Crippen LogP contribution in [-0.2, 0) is 22.5 Å². The van der Waals surface area contributed by atoms with Crippen molar-refractivity contribution in [2.24, 2.45) is 5.73 Å². The molecule has 1 heterocycles. The van der Waals surface area contributed by atoms with Gasteiger partial charge in [-0.15, -0.1) is 0 Å². The molecule has 0 aliphatic rings. The minimum Gasteiger partial charge on any atom is -0.481 e. The number of esters is 1. The van der Waals surface area contributed by atoms with Crippen molar-refractivity contribution in [3.8, 4) is 5.88 Å². The Morgan fingerprint density at radius 3 is 2.61 bits per heavy atom. The molecule has 0 saturated carbocycles. The van der Waals surface area contributed by atoms with Crippen LogP contribution in [-0.4, -0.2) is 25.2 Å². The van der Waals surface area contributed by atoms with E-state index in [9.17, 15) is 13.6 Å². The van der Waals surface area contributed by atoms with E-state index in [2.05, 4.69) is 9.72 Å². The van der Waals surface area contributed by atoms with Crippen molar-refractivity contribution in [2.75, 3.05) is 14.2 Å². The Kier molecular flexibility index (Phi) is 4.96. The van der Waals surface area contributed by atoms with Crippen LogP contribution in [0.4, 0.5) is 8.78 Å². The third-order valence-corrected chi connectivity index (χ3v) is 2.37. The Morgan fingerprint density at radius 2 is 2.17 bits per heavy atom. The average Bonchev–Trinajstić information content (AvgIpc) is 2.37. The van der Waals surface area contributed by atoms with E-state index < -0.39 is 12.4 Å². The molecule has 0 amide bonds. The van der Waals surface area contributed by atoms with E-state index in [1.165, 1.54) is 20.3 Å². The standard InChI is InChI=1S/C11H14F2N2O3/c1-17-9(16)4-6-3-7(10(12)13)11(18-2)15-8(6)5-14/h3,10H,4-5,14H2,1-2H3. The maximum Gasteiger partial charge on any atom is 0.310 e. The zero-order valence-electron chi connectivity index (χ0n) is 10.1. The van der Waals surface area contributed by atoms with Crippen molar-refractivity contribution in [3.63, 3.8) is 0 Å². The lowest BCUT2D eigenvalue weighted by Gasteiger charge is -2.12. The highest BCUT2D eigenvalue weighted by atomic mass is 19.3. The first-order valence-electron chi connectivity index (χ1n) is 5.15. The molecular formula is C11H14F2N2O3. The molecule has 1 aromatic heterocycles. The third-order valence-electron chi connectivity index (χ3n) is 2.37. The van der Waals surface area contributed by atoms with Gasteiger partial charge in [-0.25, -0.2) is 13.8 Å². The summed E-state index contributed by atoms with van der Waals surface area (Å²) in [6.45, 7) is 0.0200. The van der Waals surface area contributed by atoms with Gasteiger partial charge in [0.2, 0.25) is 5.88 Å². The summed E-state index contributed by atoms with van der Waals surface area (Å²) in [5.41, 5.74) is 5.75. The van der Waals surface area contributed by atoms with Gasteiger partial charge in [-0.1, -0.05) is 0 Å². The van der Waals surface area contributed by atoms with Crippen LogP contribution in [0.3, 0.4) is 0 Å². The maximum absolute atomic E-state index is 12.8. The lowest BCUT2D eigenvalue weighted by molar-refractivity contribution is -0.139. The van der Waals surface area contributed by atoms with E-state index in [1.54, 1.807) is 0 Å². The van der Waals surface area contributed by atoms with Crippen LogP contribution < -0.4 is 10.5 Å². The molecule has 5 nitrogen and oxygen atoms in total. The number of nitrogens with two attached hydrogens (primary N) is 1. The van der Waals surface area contributed by atoms with Gasteiger partial charge in [-0.3, -0.25) is 4.79 Å². The van der Waals surface area contributed by atoms with Gasteiger partial charge >= 0.3 is 5.97 Å². The molecule has 1 rings (SSSR count). The molecule has 0 atom stereocenters. The van der Waals surface area contributed by atoms with Crippen molar-refractivity contribution in [3.05, 3.63) is 22.9 Å². The number of hydrogen-bond donors (Lipinski definition) is 1. The number of nitrogens with zero attached hydrogens (tertiary/aromatic N) is 1. The number of carbonyl (C=O) groups is 1. The highest BCUT2D eigenvalue weighted by molar-refractivity contribution is 5.72. The summed E-state index contributed by atoms with van der Waals surface area (Å²) in [6, 6.07) is 1.18. The first-order valence-corrected chi connectivity index (χ1v) is 5.15. The van der Waals surface area contributed by atoms with E-state index in [0.717, 1.165) is 0 Å². The summed E-state index contributed by atoms with van der Waals surface area (Å²) in [6.07, 6.45) is -2.89. The number of aromatic nitrogens is 1. The van der Waals surface area contributed by atoms with Crippen molar-refractivity contribution < 1.29 is 23.0 Å². The van der Waals surface area contributed by atoms with E-state index in [0.29, 0.717) is 11.3 Å². The summed E-state index contributed by atoms with van der Waals surface area (Å²) in [5, 5.41) is 0. The molecule has 0 fully saturated rings. The molecule has 18 heavy (non-hydrogen) atoms. The minimum atomic E-state index is -2.74. The van der Waals surface area contributed by atoms with Crippen LogP contribution in [0.5, 0.6) is 5.88 Å². The van der Waals surface area contributed by atoms with Gasteiger partial charge < -0.3 is 15.2 Å². The first kappa shape index (κ1) is 14.3. The fourth-order valence-corrected chi connectivity index (χ4v) is 1.47. The van der Waals surface area contributed by atoms with Gasteiger partial charge in [-0.2, -0.15) is 0 Å². The van der Waals surface area contributed by atoms with Crippen LogP contribution in [0.25, 0.3) is 0 Å². The van der Waals surface area contributed by atoms with E-state index in [-0.39, 0.29) is 24.4 Å². The minimum absolute atomic E-state index is 0.0200. The van der Waals surface area contributed by atoms with Crippen LogP contribution in [0.15, 0.2) is 6.07 Å². The Hall–Kier alpha value is -1.76. The predicted molar refractivity (Wildman–Crippen MR) is 59.4 cm³/mol. The molecule has 100 valence electrons. The summed E-state index contributed by atoms with van der Waals surface area (Å²) in [7, 11) is 2.46. The second-order valence-corrected chi connectivity index (χ2v) is 3.45. The predicted octanol–water partition coefficient (Wildman–Crippen LogP) is 1.20. The average molecular weight is 260 g/mol. The summed E-state index contributed by atoms with van der Waals surface area (Å²) in [5.74, 6) is -0.726. The molecule has 7 heteroatoms. The summed E-state index contributed by atoms with van der Waals surface area (Å²) < 4.78 is 34.8. The summed E-state index contributed by atoms with van der Waals surface area (Å²) in [4.78, 5) is 15.1. The number of hydrogen-bond acceptors (Lipinski definition) is 5. The number of alkyl halides is 2. The molecule has 0 unspecified atom stereocenters. The van der Waals surface area contributed by atoms with Crippen molar-refractivity contribution >= 4 is 5.97 Å². The molecule has 0 aliphatic carbocycles. The highest BCUT2D eigenvalue weighted by Crippen LogP contribution is 2.29. The Labute approximate surface area is 103 Å². The second-order valence-electron chi connectivity index (χ2n) is 3.45. The molecule has 0 saturated heterocycles. The van der Waals surface area contributed by atoms with Gasteiger partial charge in [-0.05, 0) is 11.6 Å². The lowest BCUT2D eigenvalue weighted by atomic mass is 10.1. The second kappa shape index (κ2) is 6.25. The van der Waals surface area contributed by atoms with Crippen LogP contribution in [0.1, 0.15) is 23.2 Å². The van der Waals surface area contributed by atoms with Crippen molar-refractivity contribution in [1.29, 1.82) is 0 Å². The molecule has 0 radical (unpaired) electrons. The molecule has 0 aromatic carbocycles. The van der Waals surface area contributed by atoms with Crippen LogP contribution >= 0.6 is 0 Å². The zero-order valence-corrected chi connectivity index (χ0v) is 10.1. The Morgan fingerprint density at radius 1 is 1.50 bits per heavy atom. The number of halogens is 2. The van der Waals surface area contributed by atoms with Crippen LogP contribution in [0.2, 0.25) is 0 Å². The maximum atomic E-state index is 12.8. The topological polar surface area (TPSA) is 74.4 Å². The monoisotopic (exact) mass is 260 g/mol. The molecule has 0 bridgehead atoms. The SMILES string of the molecule is COC(=O)Cc1cc(C(F)F)c(OC)nc1CN. The van der Waals surface area contributed by atoms with Gasteiger partial charge in [0.15, 0.2) is 0 Å².